The number of halogens is 1. The highest BCUT2D eigenvalue weighted by Gasteiger charge is 2.24. The van der Waals surface area contributed by atoms with E-state index in [2.05, 4.69) is 4.90 Å². The minimum Gasteiger partial charge on any atom is -0.464 e. The first-order valence-corrected chi connectivity index (χ1v) is 11.3. The topological polar surface area (TPSA) is 87.1 Å². The number of carbonyl (C=O) groups is 1. The quantitative estimate of drug-likeness (QED) is 0.456. The zero-order chi connectivity index (χ0) is 23.8. The van der Waals surface area contributed by atoms with Crippen LogP contribution in [0.3, 0.4) is 0 Å². The lowest BCUT2D eigenvalue weighted by molar-refractivity contribution is -0.132. The molecule has 34 heavy (non-hydrogen) atoms. The van der Waals surface area contributed by atoms with Gasteiger partial charge < -0.3 is 18.8 Å². The minimum atomic E-state index is -0.526. The van der Waals surface area contributed by atoms with Crippen molar-refractivity contribution in [3.63, 3.8) is 0 Å². The van der Waals surface area contributed by atoms with Crippen molar-refractivity contribution in [1.29, 1.82) is 0 Å². The Balaban J connectivity index is 1.48. The predicted molar refractivity (Wildman–Crippen MR) is 126 cm³/mol. The molecular formula is C26H25FN2O5. The molecule has 1 aliphatic rings. The molecule has 8 heteroatoms. The zero-order valence-electron chi connectivity index (χ0n) is 18.8. The average Bonchev–Trinajstić information content (AvgIpc) is 3.24. The van der Waals surface area contributed by atoms with Crippen molar-refractivity contribution in [2.24, 2.45) is 0 Å². The molecule has 1 N–H and O–H groups in total. The molecular weight excluding hydrogens is 439 g/mol. The van der Waals surface area contributed by atoms with E-state index < -0.39 is 5.63 Å². The van der Waals surface area contributed by atoms with E-state index in [0.29, 0.717) is 55.0 Å². The molecule has 3 heterocycles. The van der Waals surface area contributed by atoms with E-state index in [4.69, 9.17) is 13.9 Å². The fourth-order valence-electron chi connectivity index (χ4n) is 4.59. The normalized spacial score (nSPS) is 14.9. The van der Waals surface area contributed by atoms with Gasteiger partial charge in [0.1, 0.15) is 17.0 Å². The number of hydrogen-bond donors (Lipinski definition) is 1. The van der Waals surface area contributed by atoms with Gasteiger partial charge in [0.25, 0.3) is 0 Å². The third kappa shape index (κ3) is 4.10. The van der Waals surface area contributed by atoms with Crippen molar-refractivity contribution < 1.29 is 23.1 Å². The molecule has 0 spiro atoms. The second kappa shape index (κ2) is 9.04. The van der Waals surface area contributed by atoms with E-state index in [0.717, 1.165) is 21.9 Å². The second-order valence-electron chi connectivity index (χ2n) is 8.62. The monoisotopic (exact) mass is 464 g/mol. The number of aryl methyl sites for hydroxylation is 1. The molecule has 1 aliphatic heterocycles. The first-order valence-electron chi connectivity index (χ1n) is 11.3. The van der Waals surface area contributed by atoms with Crippen molar-refractivity contribution in [1.82, 2.24) is 9.80 Å². The number of nitrogens with zero attached hydrogens (tertiary/aromatic N) is 2. The SMILES string of the molecule is Cc1c(CC(=O)N2CCN(CCO)CC2)c(=O)oc2cc3occ(-c4ccc(F)cc4)c3cc12. The number of aliphatic hydroxyl groups excluding tert-OH is 1. The molecule has 0 aliphatic carbocycles. The molecule has 0 saturated carbocycles. The van der Waals surface area contributed by atoms with Crippen LogP contribution in [0.5, 0.6) is 0 Å². The number of amides is 1. The fourth-order valence-corrected chi connectivity index (χ4v) is 4.59. The Morgan fingerprint density at radius 3 is 2.50 bits per heavy atom. The summed E-state index contributed by atoms with van der Waals surface area (Å²) in [4.78, 5) is 29.6. The second-order valence-corrected chi connectivity index (χ2v) is 8.62. The molecule has 0 unspecified atom stereocenters. The largest absolute Gasteiger partial charge is 0.464 e. The van der Waals surface area contributed by atoms with E-state index in [1.165, 1.54) is 12.1 Å². The van der Waals surface area contributed by atoms with E-state index in [1.807, 2.05) is 13.0 Å². The van der Waals surface area contributed by atoms with E-state index in [9.17, 15) is 14.0 Å². The highest BCUT2D eigenvalue weighted by Crippen LogP contribution is 2.34. The van der Waals surface area contributed by atoms with Crippen molar-refractivity contribution in [3.05, 3.63) is 70.0 Å². The van der Waals surface area contributed by atoms with Gasteiger partial charge in [0.05, 0.1) is 24.9 Å². The maximum Gasteiger partial charge on any atom is 0.340 e. The van der Waals surface area contributed by atoms with Crippen molar-refractivity contribution in [3.8, 4) is 11.1 Å². The first kappa shape index (κ1) is 22.3. The molecule has 2 aromatic carbocycles. The number of aliphatic hydroxyl groups is 1. The number of β-amino-alcohol motifs (C(OH)–C–C–N with tert-alkyl or cyclic N) is 1. The number of fused-ring (bicyclic) bond motifs is 2. The maximum atomic E-state index is 13.4. The van der Waals surface area contributed by atoms with Crippen LogP contribution in [0.25, 0.3) is 33.1 Å². The third-order valence-electron chi connectivity index (χ3n) is 6.61. The molecule has 0 atom stereocenters. The Morgan fingerprint density at radius 2 is 1.79 bits per heavy atom. The molecule has 1 fully saturated rings. The molecule has 0 radical (unpaired) electrons. The Labute approximate surface area is 195 Å². The number of hydrogen-bond acceptors (Lipinski definition) is 6. The van der Waals surface area contributed by atoms with Crippen LogP contribution in [0.1, 0.15) is 11.1 Å². The smallest absolute Gasteiger partial charge is 0.340 e. The van der Waals surface area contributed by atoms with Gasteiger partial charge in [-0.3, -0.25) is 9.69 Å². The lowest BCUT2D eigenvalue weighted by atomic mass is 9.99. The number of benzene rings is 2. The van der Waals surface area contributed by atoms with Crippen LogP contribution in [0.2, 0.25) is 0 Å². The molecule has 4 aromatic rings. The molecule has 2 aromatic heterocycles. The summed E-state index contributed by atoms with van der Waals surface area (Å²) >= 11 is 0. The van der Waals surface area contributed by atoms with E-state index in [1.54, 1.807) is 29.4 Å². The summed E-state index contributed by atoms with van der Waals surface area (Å²) in [6.45, 7) is 5.03. The number of furan rings is 1. The summed E-state index contributed by atoms with van der Waals surface area (Å²) < 4.78 is 24.6. The molecule has 5 rings (SSSR count). The van der Waals surface area contributed by atoms with Gasteiger partial charge >= 0.3 is 5.63 Å². The van der Waals surface area contributed by atoms with Crippen LogP contribution in [0, 0.1) is 12.7 Å². The van der Waals surface area contributed by atoms with Gasteiger partial charge in [-0.15, -0.1) is 0 Å². The summed E-state index contributed by atoms with van der Waals surface area (Å²) in [5.41, 5.74) is 3.09. The van der Waals surface area contributed by atoms with Gasteiger partial charge in [0, 0.05) is 55.1 Å². The summed E-state index contributed by atoms with van der Waals surface area (Å²) in [5, 5.41) is 10.6. The van der Waals surface area contributed by atoms with E-state index in [-0.39, 0.29) is 24.8 Å². The van der Waals surface area contributed by atoms with Gasteiger partial charge in [0.15, 0.2) is 0 Å². The molecule has 176 valence electrons. The van der Waals surface area contributed by atoms with Gasteiger partial charge in [-0.2, -0.15) is 0 Å². The lowest BCUT2D eigenvalue weighted by Crippen LogP contribution is -2.49. The van der Waals surface area contributed by atoms with Crippen LogP contribution in [0.4, 0.5) is 4.39 Å². The van der Waals surface area contributed by atoms with Gasteiger partial charge in [0.2, 0.25) is 5.91 Å². The highest BCUT2D eigenvalue weighted by atomic mass is 19.1. The van der Waals surface area contributed by atoms with Crippen LogP contribution < -0.4 is 5.63 Å². The Hall–Kier alpha value is -3.49. The van der Waals surface area contributed by atoms with Crippen LogP contribution in [-0.4, -0.2) is 60.1 Å². The predicted octanol–water partition coefficient (Wildman–Crippen LogP) is 3.33. The molecule has 7 nitrogen and oxygen atoms in total. The average molecular weight is 464 g/mol. The summed E-state index contributed by atoms with van der Waals surface area (Å²) in [6, 6.07) is 9.74. The zero-order valence-corrected chi connectivity index (χ0v) is 18.8. The van der Waals surface area contributed by atoms with Gasteiger partial charge in [-0.1, -0.05) is 12.1 Å². The van der Waals surface area contributed by atoms with Gasteiger partial charge in [-0.25, -0.2) is 9.18 Å². The van der Waals surface area contributed by atoms with Crippen LogP contribution in [0.15, 0.2) is 56.3 Å². The summed E-state index contributed by atoms with van der Waals surface area (Å²) in [7, 11) is 0. The lowest BCUT2D eigenvalue weighted by Gasteiger charge is -2.34. The fraction of sp³-hybridized carbons (Fsp3) is 0.308. The highest BCUT2D eigenvalue weighted by molar-refractivity contribution is 6.02. The van der Waals surface area contributed by atoms with E-state index >= 15 is 0 Å². The van der Waals surface area contributed by atoms with Gasteiger partial charge in [-0.05, 0) is 36.2 Å². The molecule has 1 amide bonds. The van der Waals surface area contributed by atoms with Crippen molar-refractivity contribution in [2.75, 3.05) is 39.3 Å². The Kier molecular flexibility index (Phi) is 5.93. The number of piperazine rings is 1. The van der Waals surface area contributed by atoms with Crippen molar-refractivity contribution in [2.45, 2.75) is 13.3 Å². The van der Waals surface area contributed by atoms with Crippen LogP contribution in [-0.2, 0) is 11.2 Å². The standard InChI is InChI=1S/C26H25FN2O5/c1-16-19-12-21-22(17-2-4-18(27)5-3-17)15-33-23(21)14-24(19)34-26(32)20(16)13-25(31)29-8-6-28(7-9-29)10-11-30/h2-5,12,14-15,30H,6-11,13H2,1H3. The van der Waals surface area contributed by atoms with Crippen molar-refractivity contribution >= 4 is 27.8 Å². The number of rotatable bonds is 5. The van der Waals surface area contributed by atoms with Crippen LogP contribution >= 0.6 is 0 Å². The summed E-state index contributed by atoms with van der Waals surface area (Å²) in [5.74, 6) is -0.432. The Morgan fingerprint density at radius 1 is 1.06 bits per heavy atom. The Bertz CT molecular complexity index is 1420. The summed E-state index contributed by atoms with van der Waals surface area (Å²) in [6.07, 6.45) is 1.57. The maximum absolute atomic E-state index is 13.4. The molecule has 1 saturated heterocycles. The number of carbonyl (C=O) groups excluding carboxylic acids is 1. The molecule has 0 bridgehead atoms. The minimum absolute atomic E-state index is 0.0294. The third-order valence-corrected chi connectivity index (χ3v) is 6.61. The first-order chi connectivity index (χ1) is 16.4.